The average Bonchev–Trinajstić information content (AvgIpc) is 2.70. The Kier molecular flexibility index (Phi) is 4.43. The molecule has 1 atom stereocenters. The summed E-state index contributed by atoms with van der Waals surface area (Å²) >= 11 is 0. The van der Waals surface area contributed by atoms with Gasteiger partial charge in [0.15, 0.2) is 11.5 Å². The van der Waals surface area contributed by atoms with E-state index < -0.39 is 12.3 Å². The Morgan fingerprint density at radius 2 is 1.75 bits per heavy atom. The fourth-order valence-electron chi connectivity index (χ4n) is 3.25. The summed E-state index contributed by atoms with van der Waals surface area (Å²) in [7, 11) is 4.74. The molecule has 2 heterocycles. The first kappa shape index (κ1) is 17.9. The van der Waals surface area contributed by atoms with Gasteiger partial charge in [0.05, 0.1) is 38.1 Å². The van der Waals surface area contributed by atoms with E-state index in [1.807, 2.05) is 24.3 Å². The van der Waals surface area contributed by atoms with Gasteiger partial charge in [-0.2, -0.15) is 0 Å². The third-order valence-electron chi connectivity index (χ3n) is 4.55. The first-order valence-electron chi connectivity index (χ1n) is 8.63. The highest BCUT2D eigenvalue weighted by Crippen LogP contribution is 2.45. The quantitative estimate of drug-likeness (QED) is 0.635. The zero-order chi connectivity index (χ0) is 19.8. The normalized spacial score (nSPS) is 14.5. The van der Waals surface area contributed by atoms with Crippen LogP contribution in [-0.2, 0) is 9.53 Å². The number of nitrogens with zero attached hydrogens (tertiary/aromatic N) is 1. The Labute approximate surface area is 161 Å². The van der Waals surface area contributed by atoms with Crippen LogP contribution in [0.5, 0.6) is 23.0 Å². The molecule has 0 saturated heterocycles. The Bertz CT molecular complexity index is 1080. The van der Waals surface area contributed by atoms with E-state index in [4.69, 9.17) is 28.7 Å². The number of hydrogen-bond acceptors (Lipinski definition) is 7. The average molecular weight is 381 g/mol. The number of methoxy groups -OCH3 is 3. The van der Waals surface area contributed by atoms with Crippen molar-refractivity contribution in [2.45, 2.75) is 13.2 Å². The van der Waals surface area contributed by atoms with E-state index in [2.05, 4.69) is 0 Å². The standard InChI is InChI=1S/C21H19NO6/c1-11(23)27-21-15-7-12-8-18(25-3)19(26-4)10-16(12)22-20(15)14-9-13(24-2)5-6-17(14)28-21/h5-10,21H,1-4H3. The molecule has 2 aromatic carbocycles. The fourth-order valence-corrected chi connectivity index (χ4v) is 3.25. The number of benzene rings is 2. The molecular formula is C21H19NO6. The minimum Gasteiger partial charge on any atom is -0.497 e. The van der Waals surface area contributed by atoms with Crippen LogP contribution in [0.4, 0.5) is 0 Å². The van der Waals surface area contributed by atoms with Crippen molar-refractivity contribution in [3.05, 3.63) is 42.0 Å². The van der Waals surface area contributed by atoms with E-state index >= 15 is 0 Å². The molecule has 0 spiro atoms. The maximum atomic E-state index is 11.6. The number of fused-ring (bicyclic) bond motifs is 4. The lowest BCUT2D eigenvalue weighted by atomic mass is 9.99. The van der Waals surface area contributed by atoms with Crippen molar-refractivity contribution in [1.82, 2.24) is 4.98 Å². The Morgan fingerprint density at radius 3 is 2.43 bits per heavy atom. The van der Waals surface area contributed by atoms with E-state index in [1.165, 1.54) is 6.92 Å². The lowest BCUT2D eigenvalue weighted by Gasteiger charge is -2.28. The van der Waals surface area contributed by atoms with Gasteiger partial charge in [-0.3, -0.25) is 4.79 Å². The van der Waals surface area contributed by atoms with Crippen molar-refractivity contribution in [2.24, 2.45) is 0 Å². The van der Waals surface area contributed by atoms with E-state index in [1.54, 1.807) is 33.5 Å². The summed E-state index contributed by atoms with van der Waals surface area (Å²) in [6.45, 7) is 1.34. The molecule has 0 amide bonds. The number of aromatic nitrogens is 1. The molecule has 0 saturated carbocycles. The van der Waals surface area contributed by atoms with Gasteiger partial charge in [0.25, 0.3) is 6.29 Å². The smallest absolute Gasteiger partial charge is 0.305 e. The highest BCUT2D eigenvalue weighted by molar-refractivity contribution is 5.88. The molecule has 1 aliphatic rings. The molecule has 0 radical (unpaired) electrons. The van der Waals surface area contributed by atoms with Gasteiger partial charge in [0, 0.05) is 23.9 Å². The van der Waals surface area contributed by atoms with Gasteiger partial charge in [-0.05, 0) is 30.3 Å². The summed E-state index contributed by atoms with van der Waals surface area (Å²) in [5.74, 6) is 1.96. The highest BCUT2D eigenvalue weighted by Gasteiger charge is 2.30. The molecule has 28 heavy (non-hydrogen) atoms. The van der Waals surface area contributed by atoms with Crippen LogP contribution >= 0.6 is 0 Å². The molecule has 0 N–H and O–H groups in total. The number of ether oxygens (including phenoxy) is 5. The van der Waals surface area contributed by atoms with E-state index in [-0.39, 0.29) is 0 Å². The second kappa shape index (κ2) is 6.92. The molecule has 1 aromatic heterocycles. The van der Waals surface area contributed by atoms with Crippen LogP contribution in [0.1, 0.15) is 18.8 Å². The Balaban J connectivity index is 1.98. The summed E-state index contributed by atoms with van der Waals surface area (Å²) in [4.78, 5) is 16.4. The number of pyridine rings is 1. The van der Waals surface area contributed by atoms with Crippen molar-refractivity contribution in [2.75, 3.05) is 21.3 Å². The second-order valence-corrected chi connectivity index (χ2v) is 6.25. The first-order chi connectivity index (χ1) is 13.5. The summed E-state index contributed by atoms with van der Waals surface area (Å²) < 4.78 is 27.4. The molecule has 144 valence electrons. The maximum Gasteiger partial charge on any atom is 0.305 e. The van der Waals surface area contributed by atoms with E-state index in [9.17, 15) is 4.79 Å². The third-order valence-corrected chi connectivity index (χ3v) is 4.55. The van der Waals surface area contributed by atoms with Gasteiger partial charge >= 0.3 is 5.97 Å². The lowest BCUT2D eigenvalue weighted by molar-refractivity contribution is -0.162. The van der Waals surface area contributed by atoms with Crippen molar-refractivity contribution in [1.29, 1.82) is 0 Å². The predicted octanol–water partition coefficient (Wildman–Crippen LogP) is 3.88. The molecule has 0 fully saturated rings. The van der Waals surface area contributed by atoms with Crippen LogP contribution in [-0.4, -0.2) is 32.3 Å². The number of hydrogen-bond donors (Lipinski definition) is 0. The van der Waals surface area contributed by atoms with Crippen LogP contribution in [0.25, 0.3) is 22.2 Å². The second-order valence-electron chi connectivity index (χ2n) is 6.25. The summed E-state index contributed by atoms with van der Waals surface area (Å²) in [6, 6.07) is 10.9. The number of carbonyl (C=O) groups excluding carboxylic acids is 1. The zero-order valence-corrected chi connectivity index (χ0v) is 15.9. The SMILES string of the molecule is COc1ccc2c(c1)-c1nc3cc(OC)c(OC)cc3cc1C(OC(C)=O)O2. The Hall–Kier alpha value is -3.48. The fraction of sp³-hybridized carbons (Fsp3) is 0.238. The first-order valence-corrected chi connectivity index (χ1v) is 8.63. The molecule has 1 aliphatic heterocycles. The summed E-state index contributed by atoms with van der Waals surface area (Å²) in [5.41, 5.74) is 2.78. The van der Waals surface area contributed by atoms with Gasteiger partial charge in [-0.25, -0.2) is 4.98 Å². The highest BCUT2D eigenvalue weighted by atomic mass is 16.7. The zero-order valence-electron chi connectivity index (χ0n) is 15.9. The molecule has 0 aliphatic carbocycles. The third kappa shape index (κ3) is 2.94. The molecule has 3 aromatic rings. The van der Waals surface area contributed by atoms with Crippen LogP contribution < -0.4 is 18.9 Å². The summed E-state index contributed by atoms with van der Waals surface area (Å²) in [6.07, 6.45) is -0.890. The van der Waals surface area contributed by atoms with E-state index in [0.29, 0.717) is 39.8 Å². The van der Waals surface area contributed by atoms with Crippen LogP contribution in [0.3, 0.4) is 0 Å². The molecule has 0 bridgehead atoms. The minimum atomic E-state index is -0.890. The van der Waals surface area contributed by atoms with Crippen molar-refractivity contribution in [3.63, 3.8) is 0 Å². The van der Waals surface area contributed by atoms with Crippen LogP contribution in [0.15, 0.2) is 36.4 Å². The van der Waals surface area contributed by atoms with Crippen LogP contribution in [0.2, 0.25) is 0 Å². The summed E-state index contributed by atoms with van der Waals surface area (Å²) in [5, 5.41) is 0.809. The van der Waals surface area contributed by atoms with Gasteiger partial charge < -0.3 is 23.7 Å². The van der Waals surface area contributed by atoms with Gasteiger partial charge in [-0.15, -0.1) is 0 Å². The number of carbonyl (C=O) groups is 1. The van der Waals surface area contributed by atoms with Crippen molar-refractivity contribution >= 4 is 16.9 Å². The molecule has 1 unspecified atom stereocenters. The van der Waals surface area contributed by atoms with Gasteiger partial charge in [0.1, 0.15) is 11.5 Å². The van der Waals surface area contributed by atoms with Crippen LogP contribution in [0, 0.1) is 0 Å². The minimum absolute atomic E-state index is 0.444. The molecule has 7 nitrogen and oxygen atoms in total. The lowest BCUT2D eigenvalue weighted by Crippen LogP contribution is -2.20. The molecular weight excluding hydrogens is 362 g/mol. The van der Waals surface area contributed by atoms with Crippen molar-refractivity contribution < 1.29 is 28.5 Å². The van der Waals surface area contributed by atoms with Crippen molar-refractivity contribution in [3.8, 4) is 34.3 Å². The maximum absolute atomic E-state index is 11.6. The number of esters is 1. The molecule has 4 rings (SSSR count). The molecule has 7 heteroatoms. The van der Waals surface area contributed by atoms with Gasteiger partial charge in [-0.1, -0.05) is 0 Å². The predicted molar refractivity (Wildman–Crippen MR) is 102 cm³/mol. The monoisotopic (exact) mass is 381 g/mol. The number of rotatable bonds is 4. The van der Waals surface area contributed by atoms with E-state index in [0.717, 1.165) is 10.9 Å². The largest absolute Gasteiger partial charge is 0.497 e. The topological polar surface area (TPSA) is 76.1 Å². The van der Waals surface area contributed by atoms with Gasteiger partial charge in [0.2, 0.25) is 0 Å². The Morgan fingerprint density at radius 1 is 1.00 bits per heavy atom.